The van der Waals surface area contributed by atoms with Gasteiger partial charge in [-0.2, -0.15) is 0 Å². The van der Waals surface area contributed by atoms with E-state index in [1.165, 1.54) is 14.2 Å². The number of aldehydes is 1. The van der Waals surface area contributed by atoms with Gasteiger partial charge in [-0.15, -0.1) is 6.58 Å². The average Bonchev–Trinajstić information content (AvgIpc) is 3.30. The van der Waals surface area contributed by atoms with Crippen molar-refractivity contribution in [1.82, 2.24) is 4.90 Å². The molecule has 6 atom stereocenters. The topological polar surface area (TPSA) is 146 Å². The molecule has 1 amide bonds. The third kappa shape index (κ3) is 8.95. The van der Waals surface area contributed by atoms with E-state index in [0.717, 1.165) is 59.4 Å². The number of benzene rings is 4. The Bertz CT molecular complexity index is 2270. The molecule has 0 aromatic heterocycles. The predicted octanol–water partition coefficient (Wildman–Crippen LogP) is 9.38. The molecule has 1 aliphatic heterocycles. The van der Waals surface area contributed by atoms with Crippen molar-refractivity contribution >= 4 is 28.9 Å². The maximum Gasteiger partial charge on any atom is 0.410 e. The zero-order chi connectivity index (χ0) is 43.6. The summed E-state index contributed by atoms with van der Waals surface area (Å²) in [4.78, 5) is 33.9. The second-order valence-corrected chi connectivity index (χ2v) is 16.1. The molecule has 328 valence electrons. The number of hydrogen-bond donors (Lipinski definition) is 2. The summed E-state index contributed by atoms with van der Waals surface area (Å²) in [7, 11) is 2.90. The van der Waals surface area contributed by atoms with Crippen molar-refractivity contribution in [3.63, 3.8) is 0 Å². The van der Waals surface area contributed by atoms with Gasteiger partial charge in [0.25, 0.3) is 0 Å². The summed E-state index contributed by atoms with van der Waals surface area (Å²) in [5, 5.41) is 26.7. The van der Waals surface area contributed by atoms with E-state index in [-0.39, 0.29) is 50.5 Å². The second-order valence-electron chi connectivity index (χ2n) is 16.1. The highest BCUT2D eigenvalue weighted by molar-refractivity contribution is 6.03. The highest BCUT2D eigenvalue weighted by atomic mass is 16.7. The Balaban J connectivity index is 1.45. The van der Waals surface area contributed by atoms with Gasteiger partial charge in [-0.05, 0) is 103 Å². The molecular weight excluding hydrogens is 789 g/mol. The van der Waals surface area contributed by atoms with E-state index in [1.807, 2.05) is 49.4 Å². The molecule has 4 aromatic rings. The van der Waals surface area contributed by atoms with Gasteiger partial charge < -0.3 is 38.7 Å². The molecule has 12 heteroatoms. The van der Waals surface area contributed by atoms with Crippen LogP contribution >= 0.6 is 0 Å². The number of aliphatic hydroxyl groups is 2. The summed E-state index contributed by atoms with van der Waals surface area (Å²) in [6, 6.07) is 24.2. The van der Waals surface area contributed by atoms with Crippen molar-refractivity contribution in [2.75, 3.05) is 40.6 Å². The zero-order valence-electron chi connectivity index (χ0n) is 35.9. The molecule has 0 unspecified atom stereocenters. The Labute approximate surface area is 363 Å². The molecule has 0 saturated heterocycles. The van der Waals surface area contributed by atoms with Gasteiger partial charge in [0.1, 0.15) is 35.6 Å². The highest BCUT2D eigenvalue weighted by Crippen LogP contribution is 2.62. The largest absolute Gasteiger partial charge is 0.496 e. The molecule has 4 aromatic carbocycles. The quantitative estimate of drug-likeness (QED) is 0.0382. The van der Waals surface area contributed by atoms with E-state index in [2.05, 4.69) is 30.9 Å². The van der Waals surface area contributed by atoms with Gasteiger partial charge in [-0.3, -0.25) is 9.69 Å². The number of ether oxygens (including phenoxy) is 5. The van der Waals surface area contributed by atoms with Crippen LogP contribution in [-0.4, -0.2) is 85.7 Å². The normalized spacial score (nSPS) is 23.0. The van der Waals surface area contributed by atoms with E-state index in [4.69, 9.17) is 33.7 Å². The van der Waals surface area contributed by atoms with Gasteiger partial charge in [-0.1, -0.05) is 72.6 Å². The number of unbranched alkanes of at least 4 members (excludes halogenated alkanes) is 2. The van der Waals surface area contributed by atoms with Crippen LogP contribution in [0.4, 0.5) is 4.79 Å². The Morgan fingerprint density at radius 3 is 2.47 bits per heavy atom. The minimum Gasteiger partial charge on any atom is -0.496 e. The number of rotatable bonds is 20. The van der Waals surface area contributed by atoms with Crippen LogP contribution in [0.1, 0.15) is 79.3 Å². The predicted molar refractivity (Wildman–Crippen MR) is 237 cm³/mol. The molecule has 1 heterocycles. The fourth-order valence-electron chi connectivity index (χ4n) is 9.89. The van der Waals surface area contributed by atoms with Gasteiger partial charge in [0.2, 0.25) is 5.79 Å². The maximum atomic E-state index is 14.4. The van der Waals surface area contributed by atoms with E-state index >= 15 is 0 Å². The van der Waals surface area contributed by atoms with Crippen LogP contribution in [0.15, 0.2) is 108 Å². The van der Waals surface area contributed by atoms with Crippen LogP contribution in [-0.2, 0) is 20.9 Å². The van der Waals surface area contributed by atoms with Crippen molar-refractivity contribution in [3.05, 3.63) is 120 Å². The number of allylic oxidation sites excluding steroid dienone is 1. The fraction of sp³-hybridized carbons (Fsp3) is 0.420. The lowest BCUT2D eigenvalue weighted by Crippen LogP contribution is -2.70. The van der Waals surface area contributed by atoms with Crippen LogP contribution in [0.25, 0.3) is 10.8 Å². The first kappa shape index (κ1) is 44.4. The van der Waals surface area contributed by atoms with E-state index < -0.39 is 23.8 Å². The SMILES string of the molecule is C=CCO[C@@]12Oc3ccc(Oc4ccc(OC)c(C=O)c4)cc3[C@H]3[C@H](CCCCO)[C@@H](CCCCO)C=C(C(=NOCC)C[C@@H]1N(Cc1cccc4ccccc14)C(=O)OC)[C@H]32. The fourth-order valence-corrected chi connectivity index (χ4v) is 9.89. The second kappa shape index (κ2) is 20.5. The maximum absolute atomic E-state index is 14.4. The number of nitrogens with zero attached hydrogens (tertiary/aromatic N) is 2. The number of amides is 1. The molecule has 0 radical (unpaired) electrons. The number of aliphatic hydroxyl groups excluding tert-OH is 2. The van der Waals surface area contributed by atoms with E-state index in [9.17, 15) is 19.8 Å². The van der Waals surface area contributed by atoms with Crippen molar-refractivity contribution in [1.29, 1.82) is 0 Å². The summed E-state index contributed by atoms with van der Waals surface area (Å²) in [6.07, 6.45) is 8.89. The van der Waals surface area contributed by atoms with Crippen LogP contribution < -0.4 is 14.2 Å². The molecule has 0 spiro atoms. The van der Waals surface area contributed by atoms with Gasteiger partial charge in [0.05, 0.1) is 44.6 Å². The lowest BCUT2D eigenvalue weighted by Gasteiger charge is -2.59. The molecule has 1 fully saturated rings. The summed E-state index contributed by atoms with van der Waals surface area (Å²) < 4.78 is 31.9. The van der Waals surface area contributed by atoms with Gasteiger partial charge in [-0.25, -0.2) is 4.79 Å². The van der Waals surface area contributed by atoms with Crippen molar-refractivity contribution in [2.24, 2.45) is 22.9 Å². The molecule has 62 heavy (non-hydrogen) atoms. The van der Waals surface area contributed by atoms with E-state index in [0.29, 0.717) is 53.7 Å². The standard InChI is InChI=1S/C50H58N2O10/c1-5-26-59-50-46(52(49(56)58-4)31-35-17-13-16-33-14-7-8-18-39(33)35)30-43(51-60-6-2)41-28-34(15-9-11-24-53)40(19-10-12-25-54)47(48(41)50)42-29-38(21-23-45(42)62-50)61-37-20-22-44(57-3)36(27-37)32-55/h5,7-8,13-14,16-18,20-23,27-29,32,34,40,46-48,53-54H,1,6,9-12,15,19,24-26,30-31H2,2-4H3/t34-,40+,46-,47+,48+,50+/m0/s1. The number of hydrogen-bond acceptors (Lipinski definition) is 11. The molecule has 2 aliphatic carbocycles. The molecule has 0 bridgehead atoms. The third-order valence-electron chi connectivity index (χ3n) is 12.5. The number of carbonyl (C=O) groups is 2. The number of carbonyl (C=O) groups excluding carboxylic acids is 2. The molecular formula is C50H58N2O10. The minimum absolute atomic E-state index is 0.0120. The monoisotopic (exact) mass is 846 g/mol. The van der Waals surface area contributed by atoms with E-state index in [1.54, 1.807) is 29.2 Å². The van der Waals surface area contributed by atoms with Crippen LogP contribution in [0, 0.1) is 17.8 Å². The number of methoxy groups -OCH3 is 2. The van der Waals surface area contributed by atoms with Gasteiger partial charge in [0.15, 0.2) is 6.29 Å². The Morgan fingerprint density at radius 2 is 1.73 bits per heavy atom. The molecule has 2 N–H and O–H groups in total. The minimum atomic E-state index is -1.47. The Hall–Kier alpha value is -5.69. The molecule has 3 aliphatic rings. The first-order chi connectivity index (χ1) is 30.3. The van der Waals surface area contributed by atoms with Crippen molar-refractivity contribution in [2.45, 2.75) is 76.2 Å². The first-order valence-corrected chi connectivity index (χ1v) is 21.7. The van der Waals surface area contributed by atoms with Crippen LogP contribution in [0.3, 0.4) is 0 Å². The summed E-state index contributed by atoms with van der Waals surface area (Å²) >= 11 is 0. The Morgan fingerprint density at radius 1 is 0.968 bits per heavy atom. The third-order valence-corrected chi connectivity index (χ3v) is 12.5. The summed E-state index contributed by atoms with van der Waals surface area (Å²) in [5.74, 6) is -0.155. The summed E-state index contributed by atoms with van der Waals surface area (Å²) in [6.45, 7) is 6.73. The lowest BCUT2D eigenvalue weighted by atomic mass is 9.55. The van der Waals surface area contributed by atoms with Crippen molar-refractivity contribution in [3.8, 4) is 23.0 Å². The zero-order valence-corrected chi connectivity index (χ0v) is 35.9. The lowest BCUT2D eigenvalue weighted by molar-refractivity contribution is -0.256. The molecule has 1 saturated carbocycles. The molecule has 12 nitrogen and oxygen atoms in total. The highest BCUT2D eigenvalue weighted by Gasteiger charge is 2.65. The van der Waals surface area contributed by atoms with Crippen LogP contribution in [0.5, 0.6) is 23.0 Å². The Kier molecular flexibility index (Phi) is 14.6. The van der Waals surface area contributed by atoms with Gasteiger partial charge in [0, 0.05) is 31.1 Å². The molecule has 7 rings (SSSR count). The van der Waals surface area contributed by atoms with Gasteiger partial charge >= 0.3 is 6.09 Å². The number of oxime groups is 1. The van der Waals surface area contributed by atoms with Crippen LogP contribution in [0.2, 0.25) is 0 Å². The smallest absolute Gasteiger partial charge is 0.410 e. The number of fused-ring (bicyclic) bond motifs is 3. The summed E-state index contributed by atoms with van der Waals surface area (Å²) in [5.41, 5.74) is 3.80. The first-order valence-electron chi connectivity index (χ1n) is 21.7. The van der Waals surface area contributed by atoms with Crippen molar-refractivity contribution < 1.29 is 48.3 Å². The average molecular weight is 847 g/mol.